The quantitative estimate of drug-likeness (QED) is 0.421. The third kappa shape index (κ3) is 5.02. The Kier molecular flexibility index (Phi) is 6.60. The number of anilines is 1. The summed E-state index contributed by atoms with van der Waals surface area (Å²) in [6.45, 7) is 5.65. The van der Waals surface area contributed by atoms with Crippen molar-refractivity contribution in [3.05, 3.63) is 77.2 Å². The van der Waals surface area contributed by atoms with Crippen LogP contribution in [-0.2, 0) is 28.0 Å². The predicted octanol–water partition coefficient (Wildman–Crippen LogP) is 3.16. The summed E-state index contributed by atoms with van der Waals surface area (Å²) < 4.78 is 11.0. The Balaban J connectivity index is 1.19. The summed E-state index contributed by atoms with van der Waals surface area (Å²) in [6, 6.07) is 15.4. The minimum atomic E-state index is -0.778. The molecule has 196 valence electrons. The van der Waals surface area contributed by atoms with Crippen molar-refractivity contribution in [3.63, 3.8) is 0 Å². The van der Waals surface area contributed by atoms with E-state index in [-0.39, 0.29) is 12.5 Å². The molecule has 10 heteroatoms. The minimum absolute atomic E-state index is 0.232. The van der Waals surface area contributed by atoms with Crippen molar-refractivity contribution in [2.75, 3.05) is 37.8 Å². The third-order valence-electron chi connectivity index (χ3n) is 7.12. The number of rotatable bonds is 5. The first-order chi connectivity index (χ1) is 19.0. The van der Waals surface area contributed by atoms with Crippen LogP contribution in [0.25, 0.3) is 22.3 Å². The van der Waals surface area contributed by atoms with Crippen molar-refractivity contribution in [2.24, 2.45) is 0 Å². The topological polar surface area (TPSA) is 126 Å². The number of benzene rings is 1. The van der Waals surface area contributed by atoms with Crippen LogP contribution in [0, 0.1) is 11.3 Å². The molecule has 2 aliphatic rings. The fourth-order valence-corrected chi connectivity index (χ4v) is 4.87. The molecule has 6 rings (SSSR count). The van der Waals surface area contributed by atoms with Crippen molar-refractivity contribution in [3.8, 4) is 17.5 Å². The van der Waals surface area contributed by atoms with E-state index in [0.29, 0.717) is 43.6 Å². The van der Waals surface area contributed by atoms with Crippen molar-refractivity contribution < 1.29 is 14.3 Å². The fourth-order valence-electron chi connectivity index (χ4n) is 4.87. The summed E-state index contributed by atoms with van der Waals surface area (Å²) in [5, 5.41) is 13.5. The highest BCUT2D eigenvalue weighted by atomic mass is 16.5. The van der Waals surface area contributed by atoms with Gasteiger partial charge in [0, 0.05) is 36.4 Å². The molecule has 1 N–H and O–H groups in total. The van der Waals surface area contributed by atoms with E-state index in [1.165, 1.54) is 0 Å². The van der Waals surface area contributed by atoms with Gasteiger partial charge in [0.15, 0.2) is 0 Å². The Labute approximate surface area is 225 Å². The summed E-state index contributed by atoms with van der Waals surface area (Å²) >= 11 is 0. The number of nitrogens with one attached hydrogen (secondary N) is 1. The molecule has 1 atom stereocenters. The molecule has 10 nitrogen and oxygen atoms in total. The van der Waals surface area contributed by atoms with E-state index in [2.05, 4.69) is 26.3 Å². The number of fused-ring (bicyclic) bond motifs is 2. The maximum atomic E-state index is 13.0. The van der Waals surface area contributed by atoms with Gasteiger partial charge in [-0.3, -0.25) is 9.78 Å². The molecule has 0 saturated carbocycles. The monoisotopic (exact) mass is 521 g/mol. The predicted molar refractivity (Wildman–Crippen MR) is 144 cm³/mol. The van der Waals surface area contributed by atoms with Crippen molar-refractivity contribution in [2.45, 2.75) is 25.5 Å². The highest BCUT2D eigenvalue weighted by Gasteiger charge is 2.33. The molecule has 0 spiro atoms. The molecule has 39 heavy (non-hydrogen) atoms. The number of hydrogen-bond acceptors (Lipinski definition) is 9. The normalized spacial score (nSPS) is 18.8. The van der Waals surface area contributed by atoms with E-state index < -0.39 is 5.41 Å². The lowest BCUT2D eigenvalue weighted by atomic mass is 9.79. The standard InChI is InChI=1S/C29H27N7O3/c1-29(17-30)18-39-16-21-3-2-19(12-23(21)29)27(37)33-15-22-13-26-20(14-32-22)4-5-24(34-26)25-6-7-31-28(35-25)36-8-10-38-11-9-36/h2-7,12-14H,8-11,15-16,18H2,1H3,(H,33,37)/t29-/m1/s1. The van der Waals surface area contributed by atoms with Gasteiger partial charge in [0.05, 0.1) is 61.6 Å². The van der Waals surface area contributed by atoms with Crippen molar-refractivity contribution in [1.82, 2.24) is 25.3 Å². The second-order valence-electron chi connectivity index (χ2n) is 9.90. The smallest absolute Gasteiger partial charge is 0.251 e. The number of aromatic nitrogens is 4. The number of carbonyl (C=O) groups is 1. The average molecular weight is 522 g/mol. The van der Waals surface area contributed by atoms with E-state index in [9.17, 15) is 10.1 Å². The Morgan fingerprint density at radius 3 is 2.77 bits per heavy atom. The van der Waals surface area contributed by atoms with Crippen molar-refractivity contribution >= 4 is 22.8 Å². The van der Waals surface area contributed by atoms with Gasteiger partial charge in [-0.2, -0.15) is 5.26 Å². The summed E-state index contributed by atoms with van der Waals surface area (Å²) in [4.78, 5) is 33.6. The number of carbonyl (C=O) groups excluding carboxylic acids is 1. The van der Waals surface area contributed by atoms with E-state index in [0.717, 1.165) is 46.5 Å². The molecule has 3 aromatic heterocycles. The van der Waals surface area contributed by atoms with Gasteiger partial charge in [-0.1, -0.05) is 6.07 Å². The van der Waals surface area contributed by atoms with Crippen LogP contribution in [0.4, 0.5) is 5.95 Å². The highest BCUT2D eigenvalue weighted by molar-refractivity contribution is 5.94. The first kappa shape index (κ1) is 24.9. The zero-order valence-electron chi connectivity index (χ0n) is 21.6. The molecule has 1 amide bonds. The van der Waals surface area contributed by atoms with Crippen LogP contribution in [0.5, 0.6) is 0 Å². The molecule has 4 aromatic rings. The maximum absolute atomic E-state index is 13.0. The second kappa shape index (κ2) is 10.4. The lowest BCUT2D eigenvalue weighted by Gasteiger charge is -2.30. The van der Waals surface area contributed by atoms with Gasteiger partial charge >= 0.3 is 0 Å². The Morgan fingerprint density at radius 2 is 1.92 bits per heavy atom. The van der Waals surface area contributed by atoms with Crippen LogP contribution < -0.4 is 10.2 Å². The van der Waals surface area contributed by atoms with Gasteiger partial charge in [0.2, 0.25) is 5.95 Å². The van der Waals surface area contributed by atoms with Gasteiger partial charge in [-0.25, -0.2) is 15.0 Å². The van der Waals surface area contributed by atoms with Crippen LogP contribution >= 0.6 is 0 Å². The number of hydrogen-bond donors (Lipinski definition) is 1. The lowest BCUT2D eigenvalue weighted by molar-refractivity contribution is 0.0757. The Morgan fingerprint density at radius 1 is 1.08 bits per heavy atom. The molecule has 1 saturated heterocycles. The van der Waals surface area contributed by atoms with E-state index in [4.69, 9.17) is 19.4 Å². The molecule has 5 heterocycles. The number of pyridine rings is 2. The molecule has 1 aromatic carbocycles. The molecule has 0 radical (unpaired) electrons. The maximum Gasteiger partial charge on any atom is 0.251 e. The molecular weight excluding hydrogens is 494 g/mol. The van der Waals surface area contributed by atoms with Crippen LogP contribution in [-0.4, -0.2) is 58.8 Å². The van der Waals surface area contributed by atoms with Crippen molar-refractivity contribution in [1.29, 1.82) is 5.26 Å². The fraction of sp³-hybridized carbons (Fsp3) is 0.310. The van der Waals surface area contributed by atoms with Crippen LogP contribution in [0.1, 0.15) is 34.1 Å². The molecule has 0 aliphatic carbocycles. The molecule has 2 aliphatic heterocycles. The van der Waals surface area contributed by atoms with E-state index >= 15 is 0 Å². The summed E-state index contributed by atoms with van der Waals surface area (Å²) in [7, 11) is 0. The van der Waals surface area contributed by atoms with Crippen LogP contribution in [0.3, 0.4) is 0 Å². The summed E-state index contributed by atoms with van der Waals surface area (Å²) in [5.74, 6) is 0.436. The molecule has 1 fully saturated rings. The first-order valence-corrected chi connectivity index (χ1v) is 12.8. The number of morpholine rings is 1. The largest absolute Gasteiger partial charge is 0.378 e. The first-order valence-electron chi connectivity index (χ1n) is 12.8. The number of amides is 1. The van der Waals surface area contributed by atoms with Gasteiger partial charge in [-0.15, -0.1) is 0 Å². The zero-order valence-corrected chi connectivity index (χ0v) is 21.6. The summed E-state index contributed by atoms with van der Waals surface area (Å²) in [6.07, 6.45) is 3.50. The van der Waals surface area contributed by atoms with Crippen LogP contribution in [0.15, 0.2) is 54.9 Å². The minimum Gasteiger partial charge on any atom is -0.378 e. The van der Waals surface area contributed by atoms with Crippen LogP contribution in [0.2, 0.25) is 0 Å². The highest BCUT2D eigenvalue weighted by Crippen LogP contribution is 2.32. The molecule has 0 bridgehead atoms. The van der Waals surface area contributed by atoms with Gasteiger partial charge in [0.25, 0.3) is 5.91 Å². The van der Waals surface area contributed by atoms with E-state index in [1.54, 1.807) is 24.5 Å². The van der Waals surface area contributed by atoms with E-state index in [1.807, 2.05) is 37.3 Å². The molecule has 0 unspecified atom stereocenters. The van der Waals surface area contributed by atoms with Gasteiger partial charge < -0.3 is 19.7 Å². The van der Waals surface area contributed by atoms with Gasteiger partial charge in [-0.05, 0) is 54.4 Å². The number of nitrogens with zero attached hydrogens (tertiary/aromatic N) is 6. The Hall–Kier alpha value is -4.46. The number of ether oxygens (including phenoxy) is 2. The SMILES string of the molecule is C[C@@]1(C#N)COCc2ccc(C(=O)NCc3cc4nc(-c5ccnc(N6CCOCC6)n5)ccc4cn3)cc21. The van der Waals surface area contributed by atoms with Gasteiger partial charge in [0.1, 0.15) is 5.41 Å². The zero-order chi connectivity index (χ0) is 26.8. The second-order valence-corrected chi connectivity index (χ2v) is 9.90. The molecular formula is C29H27N7O3. The summed E-state index contributed by atoms with van der Waals surface area (Å²) in [5.41, 5.74) is 4.41. The third-order valence-corrected chi connectivity index (χ3v) is 7.12. The number of nitriles is 1. The Bertz CT molecular complexity index is 1600. The lowest BCUT2D eigenvalue weighted by Crippen LogP contribution is -2.37. The average Bonchev–Trinajstić information content (AvgIpc) is 3.00.